The molecular formula is C18H26N2O4. The highest BCUT2D eigenvalue weighted by molar-refractivity contribution is 5.80. The van der Waals surface area contributed by atoms with Crippen molar-refractivity contribution in [3.63, 3.8) is 0 Å². The Hall–Kier alpha value is -2.24. The van der Waals surface area contributed by atoms with Crippen molar-refractivity contribution in [2.45, 2.75) is 26.2 Å². The number of benzene rings is 1. The maximum Gasteiger partial charge on any atom is 0.224 e. The van der Waals surface area contributed by atoms with Crippen molar-refractivity contribution in [2.24, 2.45) is 5.92 Å². The molecule has 0 aliphatic carbocycles. The van der Waals surface area contributed by atoms with E-state index >= 15 is 0 Å². The molecule has 2 rings (SSSR count). The van der Waals surface area contributed by atoms with Gasteiger partial charge in [-0.1, -0.05) is 6.07 Å². The summed E-state index contributed by atoms with van der Waals surface area (Å²) < 4.78 is 10.6. The van der Waals surface area contributed by atoms with Crippen LogP contribution in [0.3, 0.4) is 0 Å². The summed E-state index contributed by atoms with van der Waals surface area (Å²) in [4.78, 5) is 25.9. The maximum atomic E-state index is 12.3. The van der Waals surface area contributed by atoms with Gasteiger partial charge in [-0.25, -0.2) is 0 Å². The van der Waals surface area contributed by atoms with Crippen LogP contribution in [0.25, 0.3) is 0 Å². The van der Waals surface area contributed by atoms with Crippen LogP contribution in [0, 0.1) is 5.92 Å². The van der Waals surface area contributed by atoms with Gasteiger partial charge in [-0.15, -0.1) is 0 Å². The number of likely N-dealkylation sites (tertiary alicyclic amines) is 1. The number of nitrogens with one attached hydrogen (secondary N) is 1. The standard InChI is InChI=1S/C18H26N2O4/c1-5-19-18(22)15-8-14(10-20(11-15)12(2)21)13-6-7-16(23-3)17(9-13)24-4/h6-7,9,14-15H,5,8,10-11H2,1-4H3,(H,19,22). The van der Waals surface area contributed by atoms with Crippen LogP contribution in [0.4, 0.5) is 0 Å². The van der Waals surface area contributed by atoms with E-state index in [9.17, 15) is 9.59 Å². The highest BCUT2D eigenvalue weighted by atomic mass is 16.5. The number of rotatable bonds is 5. The van der Waals surface area contributed by atoms with Gasteiger partial charge >= 0.3 is 0 Å². The van der Waals surface area contributed by atoms with Crippen molar-refractivity contribution in [3.8, 4) is 11.5 Å². The predicted molar refractivity (Wildman–Crippen MR) is 91.3 cm³/mol. The topological polar surface area (TPSA) is 67.9 Å². The fourth-order valence-electron chi connectivity index (χ4n) is 3.21. The summed E-state index contributed by atoms with van der Waals surface area (Å²) in [6.07, 6.45) is 0.713. The van der Waals surface area contributed by atoms with Gasteiger partial charge in [0.2, 0.25) is 11.8 Å². The van der Waals surface area contributed by atoms with E-state index in [0.717, 1.165) is 5.56 Å². The number of carbonyl (C=O) groups excluding carboxylic acids is 2. The Morgan fingerprint density at radius 1 is 1.21 bits per heavy atom. The molecule has 2 amide bonds. The summed E-state index contributed by atoms with van der Waals surface area (Å²) in [5, 5.41) is 2.87. The molecule has 1 fully saturated rings. The first kappa shape index (κ1) is 18.1. The van der Waals surface area contributed by atoms with E-state index in [1.807, 2.05) is 25.1 Å². The first-order chi connectivity index (χ1) is 11.5. The number of carbonyl (C=O) groups is 2. The second-order valence-corrected chi connectivity index (χ2v) is 6.06. The number of hydrogen-bond acceptors (Lipinski definition) is 4. The van der Waals surface area contributed by atoms with Crippen LogP contribution in [0.2, 0.25) is 0 Å². The lowest BCUT2D eigenvalue weighted by Crippen LogP contribution is -2.47. The van der Waals surface area contributed by atoms with Crippen molar-refractivity contribution in [2.75, 3.05) is 33.9 Å². The lowest BCUT2D eigenvalue weighted by Gasteiger charge is -2.37. The number of ether oxygens (including phenoxy) is 2. The molecule has 2 atom stereocenters. The third-order valence-electron chi connectivity index (χ3n) is 4.50. The molecule has 0 saturated carbocycles. The molecule has 24 heavy (non-hydrogen) atoms. The molecule has 0 aromatic heterocycles. The molecule has 0 radical (unpaired) electrons. The molecule has 6 nitrogen and oxygen atoms in total. The van der Waals surface area contributed by atoms with E-state index in [0.29, 0.717) is 37.6 Å². The highest BCUT2D eigenvalue weighted by Gasteiger charge is 2.33. The average molecular weight is 334 g/mol. The lowest BCUT2D eigenvalue weighted by molar-refractivity contribution is -0.134. The van der Waals surface area contributed by atoms with Gasteiger partial charge in [0.05, 0.1) is 20.1 Å². The molecule has 6 heteroatoms. The SMILES string of the molecule is CCNC(=O)C1CC(c2ccc(OC)c(OC)c2)CN(C(C)=O)C1. The maximum absolute atomic E-state index is 12.3. The number of amides is 2. The number of methoxy groups -OCH3 is 2. The fraction of sp³-hybridized carbons (Fsp3) is 0.556. The van der Waals surface area contributed by atoms with Crippen LogP contribution in [-0.4, -0.2) is 50.6 Å². The fourth-order valence-corrected chi connectivity index (χ4v) is 3.21. The Morgan fingerprint density at radius 2 is 1.92 bits per heavy atom. The second kappa shape index (κ2) is 8.04. The van der Waals surface area contributed by atoms with Gasteiger partial charge in [-0.05, 0) is 31.0 Å². The third kappa shape index (κ3) is 3.99. The smallest absolute Gasteiger partial charge is 0.224 e. The highest BCUT2D eigenvalue weighted by Crippen LogP contribution is 2.35. The van der Waals surface area contributed by atoms with E-state index in [1.165, 1.54) is 0 Å². The van der Waals surface area contributed by atoms with E-state index in [-0.39, 0.29) is 23.7 Å². The normalized spacial score (nSPS) is 20.4. The summed E-state index contributed by atoms with van der Waals surface area (Å²) in [6.45, 7) is 5.13. The largest absolute Gasteiger partial charge is 0.493 e. The van der Waals surface area contributed by atoms with Gasteiger partial charge < -0.3 is 19.7 Å². The van der Waals surface area contributed by atoms with E-state index in [4.69, 9.17) is 9.47 Å². The summed E-state index contributed by atoms with van der Waals surface area (Å²) >= 11 is 0. The number of nitrogens with zero attached hydrogens (tertiary/aromatic N) is 1. The van der Waals surface area contributed by atoms with Gasteiger partial charge in [0.25, 0.3) is 0 Å². The monoisotopic (exact) mass is 334 g/mol. The molecule has 1 aliphatic rings. The predicted octanol–water partition coefficient (Wildman–Crippen LogP) is 1.79. The number of hydrogen-bond donors (Lipinski definition) is 1. The Bertz CT molecular complexity index is 603. The van der Waals surface area contributed by atoms with E-state index in [1.54, 1.807) is 26.0 Å². The summed E-state index contributed by atoms with van der Waals surface area (Å²) in [7, 11) is 3.20. The summed E-state index contributed by atoms with van der Waals surface area (Å²) in [5.41, 5.74) is 1.05. The van der Waals surface area contributed by atoms with Gasteiger partial charge in [0.15, 0.2) is 11.5 Å². The lowest BCUT2D eigenvalue weighted by atomic mass is 9.84. The Kier molecular flexibility index (Phi) is 6.06. The molecule has 1 saturated heterocycles. The zero-order valence-electron chi connectivity index (χ0n) is 14.8. The van der Waals surface area contributed by atoms with Crippen molar-refractivity contribution < 1.29 is 19.1 Å². The average Bonchev–Trinajstić information content (AvgIpc) is 2.60. The van der Waals surface area contributed by atoms with E-state index in [2.05, 4.69) is 5.32 Å². The van der Waals surface area contributed by atoms with Crippen molar-refractivity contribution in [1.82, 2.24) is 10.2 Å². The zero-order chi connectivity index (χ0) is 17.7. The first-order valence-electron chi connectivity index (χ1n) is 8.25. The minimum Gasteiger partial charge on any atom is -0.493 e. The van der Waals surface area contributed by atoms with Gasteiger partial charge in [0, 0.05) is 32.5 Å². The van der Waals surface area contributed by atoms with Crippen LogP contribution >= 0.6 is 0 Å². The Balaban J connectivity index is 2.27. The quantitative estimate of drug-likeness (QED) is 0.891. The first-order valence-corrected chi connectivity index (χ1v) is 8.25. The minimum absolute atomic E-state index is 0.00512. The molecule has 0 spiro atoms. The molecule has 132 valence electrons. The molecule has 1 aliphatic heterocycles. The third-order valence-corrected chi connectivity index (χ3v) is 4.50. The molecule has 1 N–H and O–H groups in total. The molecular weight excluding hydrogens is 308 g/mol. The van der Waals surface area contributed by atoms with Crippen molar-refractivity contribution in [3.05, 3.63) is 23.8 Å². The van der Waals surface area contributed by atoms with Crippen LogP contribution in [0.15, 0.2) is 18.2 Å². The van der Waals surface area contributed by atoms with E-state index < -0.39 is 0 Å². The molecule has 1 aromatic rings. The summed E-state index contributed by atoms with van der Waals surface area (Å²) in [6, 6.07) is 5.77. The van der Waals surface area contributed by atoms with Crippen molar-refractivity contribution >= 4 is 11.8 Å². The van der Waals surface area contributed by atoms with Gasteiger partial charge in [-0.3, -0.25) is 9.59 Å². The molecule has 2 unspecified atom stereocenters. The molecule has 0 bridgehead atoms. The number of piperidine rings is 1. The Labute approximate surface area is 143 Å². The van der Waals surface area contributed by atoms with Crippen LogP contribution in [0.5, 0.6) is 11.5 Å². The van der Waals surface area contributed by atoms with Crippen LogP contribution in [-0.2, 0) is 9.59 Å². The van der Waals surface area contributed by atoms with Gasteiger partial charge in [-0.2, -0.15) is 0 Å². The second-order valence-electron chi connectivity index (χ2n) is 6.06. The van der Waals surface area contributed by atoms with Crippen molar-refractivity contribution in [1.29, 1.82) is 0 Å². The minimum atomic E-state index is -0.194. The van der Waals surface area contributed by atoms with Crippen LogP contribution < -0.4 is 14.8 Å². The zero-order valence-corrected chi connectivity index (χ0v) is 14.8. The molecule has 1 aromatic carbocycles. The molecule has 1 heterocycles. The summed E-state index contributed by atoms with van der Waals surface area (Å²) in [5.74, 6) is 1.23. The van der Waals surface area contributed by atoms with Gasteiger partial charge in [0.1, 0.15) is 0 Å². The van der Waals surface area contributed by atoms with Crippen LogP contribution in [0.1, 0.15) is 31.7 Å². The Morgan fingerprint density at radius 3 is 2.50 bits per heavy atom.